The van der Waals surface area contributed by atoms with Gasteiger partial charge in [0.05, 0.1) is 24.8 Å². The fraction of sp³-hybridized carbons (Fsp3) is 0.295. The molecule has 1 aliphatic rings. The predicted octanol–water partition coefficient (Wildman–Crippen LogP) is 10.3. The molecule has 0 N–H and O–H groups in total. The first-order chi connectivity index (χ1) is 26.9. The third-order valence-electron chi connectivity index (χ3n) is 9.92. The SMILES string of the molecule is CCOC(=O)c1ccc2c(n1)CCCC2N(CCc1ccc(C(=O)OC)cc1)CCc1cc(F)ccc1OCc1ccc(-c2ccc(C(F)(F)F)cc2)cc1Cl. The molecule has 6 rings (SSSR count). The third-order valence-corrected chi connectivity index (χ3v) is 10.3. The molecule has 1 aromatic heterocycles. The van der Waals surface area contributed by atoms with Crippen LogP contribution in [0.25, 0.3) is 11.1 Å². The van der Waals surface area contributed by atoms with E-state index < -0.39 is 29.5 Å². The Bertz CT molecular complexity index is 2160. The number of methoxy groups -OCH3 is 1. The van der Waals surface area contributed by atoms with E-state index in [1.807, 2.05) is 18.2 Å². The monoisotopic (exact) mass is 788 g/mol. The van der Waals surface area contributed by atoms with Crippen LogP contribution in [0.4, 0.5) is 17.6 Å². The number of carbonyl (C=O) groups excluding carboxylic acids is 2. The average molecular weight is 789 g/mol. The number of esters is 2. The van der Waals surface area contributed by atoms with Crippen LogP contribution in [0.3, 0.4) is 0 Å². The summed E-state index contributed by atoms with van der Waals surface area (Å²) in [5.41, 5.74) is 5.52. The number of carbonyl (C=O) groups is 2. The fourth-order valence-electron chi connectivity index (χ4n) is 6.95. The van der Waals surface area contributed by atoms with Crippen molar-refractivity contribution >= 4 is 23.5 Å². The second-order valence-corrected chi connectivity index (χ2v) is 13.9. The van der Waals surface area contributed by atoms with Crippen LogP contribution in [0.15, 0.2) is 97.1 Å². The van der Waals surface area contributed by atoms with Crippen molar-refractivity contribution in [3.05, 3.63) is 153 Å². The van der Waals surface area contributed by atoms with Crippen molar-refractivity contribution in [2.45, 2.75) is 57.9 Å². The standard InChI is InChI=1S/C44H41ClF4N2O5/c1-3-55-43(53)39-19-18-36-38(50-39)5-4-6-40(36)51(23-21-28-7-9-30(10-8-28)42(52)54-2)24-22-32-25-35(46)17-20-41(32)56-27-33-12-11-31(26-37(33)45)29-13-15-34(16-14-29)44(47,48)49/h7-20,25-26,40H,3-6,21-24,27H2,1-2H3. The molecule has 0 aliphatic heterocycles. The summed E-state index contributed by atoms with van der Waals surface area (Å²) in [6, 6.07) is 25.5. The van der Waals surface area contributed by atoms with E-state index in [2.05, 4.69) is 9.88 Å². The van der Waals surface area contributed by atoms with Crippen LogP contribution in [0.5, 0.6) is 5.75 Å². The maximum Gasteiger partial charge on any atom is 0.416 e. The highest BCUT2D eigenvalue weighted by molar-refractivity contribution is 6.31. The van der Waals surface area contributed by atoms with Gasteiger partial charge in [-0.2, -0.15) is 13.2 Å². The normalized spacial score (nSPS) is 14.0. The van der Waals surface area contributed by atoms with E-state index in [4.69, 9.17) is 25.8 Å². The number of rotatable bonds is 14. The molecule has 0 saturated carbocycles. The van der Waals surface area contributed by atoms with E-state index in [-0.39, 0.29) is 24.9 Å². The second kappa shape index (κ2) is 18.1. The van der Waals surface area contributed by atoms with Crippen molar-refractivity contribution < 1.29 is 41.4 Å². The molecule has 7 nitrogen and oxygen atoms in total. The lowest BCUT2D eigenvalue weighted by molar-refractivity contribution is -0.137. The van der Waals surface area contributed by atoms with Crippen molar-refractivity contribution in [1.29, 1.82) is 0 Å². The highest BCUT2D eigenvalue weighted by Crippen LogP contribution is 2.36. The number of nitrogens with zero attached hydrogens (tertiary/aromatic N) is 2. The van der Waals surface area contributed by atoms with Gasteiger partial charge in [0, 0.05) is 35.4 Å². The van der Waals surface area contributed by atoms with Crippen LogP contribution in [0.2, 0.25) is 5.02 Å². The van der Waals surface area contributed by atoms with Crippen molar-refractivity contribution in [2.75, 3.05) is 26.8 Å². The van der Waals surface area contributed by atoms with Crippen LogP contribution in [0.1, 0.15) is 80.2 Å². The lowest BCUT2D eigenvalue weighted by Crippen LogP contribution is -2.35. The Labute approximate surface area is 328 Å². The number of ether oxygens (including phenoxy) is 3. The number of hydrogen-bond acceptors (Lipinski definition) is 7. The number of aromatic nitrogens is 1. The molecule has 292 valence electrons. The Hall–Kier alpha value is -5.26. The van der Waals surface area contributed by atoms with Gasteiger partial charge in [-0.05, 0) is 121 Å². The van der Waals surface area contributed by atoms with Crippen LogP contribution in [-0.4, -0.2) is 48.6 Å². The molecule has 0 radical (unpaired) electrons. The van der Waals surface area contributed by atoms with E-state index >= 15 is 0 Å². The molecule has 0 fully saturated rings. The number of halogens is 5. The Morgan fingerprint density at radius 1 is 0.857 bits per heavy atom. The van der Waals surface area contributed by atoms with Crippen LogP contribution >= 0.6 is 11.6 Å². The highest BCUT2D eigenvalue weighted by Gasteiger charge is 2.30. The summed E-state index contributed by atoms with van der Waals surface area (Å²) in [7, 11) is 1.34. The number of aryl methyl sites for hydroxylation is 1. The molecule has 56 heavy (non-hydrogen) atoms. The summed E-state index contributed by atoms with van der Waals surface area (Å²) in [6.45, 7) is 3.29. The summed E-state index contributed by atoms with van der Waals surface area (Å²) >= 11 is 6.62. The van der Waals surface area contributed by atoms with E-state index in [0.29, 0.717) is 64.5 Å². The zero-order valence-corrected chi connectivity index (χ0v) is 31.8. The van der Waals surface area contributed by atoms with Crippen molar-refractivity contribution in [1.82, 2.24) is 9.88 Å². The molecule has 0 spiro atoms. The minimum Gasteiger partial charge on any atom is -0.489 e. The second-order valence-electron chi connectivity index (χ2n) is 13.5. The average Bonchev–Trinajstić information content (AvgIpc) is 3.20. The Morgan fingerprint density at radius 3 is 2.29 bits per heavy atom. The first kappa shape index (κ1) is 40.4. The zero-order chi connectivity index (χ0) is 39.8. The zero-order valence-electron chi connectivity index (χ0n) is 31.0. The van der Waals surface area contributed by atoms with Crippen LogP contribution in [-0.2, 0) is 41.5 Å². The van der Waals surface area contributed by atoms with Crippen molar-refractivity contribution in [3.8, 4) is 16.9 Å². The van der Waals surface area contributed by atoms with Gasteiger partial charge < -0.3 is 14.2 Å². The smallest absolute Gasteiger partial charge is 0.416 e. The minimum atomic E-state index is -4.43. The summed E-state index contributed by atoms with van der Waals surface area (Å²) in [5.74, 6) is -0.767. The molecule has 0 saturated heterocycles. The van der Waals surface area contributed by atoms with E-state index in [0.717, 1.165) is 48.2 Å². The van der Waals surface area contributed by atoms with Gasteiger partial charge in [0.2, 0.25) is 0 Å². The summed E-state index contributed by atoms with van der Waals surface area (Å²) in [5, 5.41) is 0.382. The molecular formula is C44H41ClF4N2O5. The van der Waals surface area contributed by atoms with Gasteiger partial charge in [-0.15, -0.1) is 0 Å². The van der Waals surface area contributed by atoms with E-state index in [1.165, 1.54) is 31.4 Å². The van der Waals surface area contributed by atoms with Gasteiger partial charge in [0.25, 0.3) is 0 Å². The largest absolute Gasteiger partial charge is 0.489 e. The molecule has 0 bridgehead atoms. The fourth-order valence-corrected chi connectivity index (χ4v) is 7.19. The summed E-state index contributed by atoms with van der Waals surface area (Å²) in [4.78, 5) is 31.5. The van der Waals surface area contributed by atoms with Crippen LogP contribution in [0, 0.1) is 5.82 Å². The van der Waals surface area contributed by atoms with Gasteiger partial charge in [-0.1, -0.05) is 54.1 Å². The van der Waals surface area contributed by atoms with E-state index in [9.17, 15) is 27.2 Å². The lowest BCUT2D eigenvalue weighted by atomic mass is 9.89. The topological polar surface area (TPSA) is 78.0 Å². The van der Waals surface area contributed by atoms with Crippen LogP contribution < -0.4 is 4.74 Å². The first-order valence-corrected chi connectivity index (χ1v) is 18.8. The molecule has 5 aromatic rings. The number of hydrogen-bond donors (Lipinski definition) is 0. The molecule has 4 aromatic carbocycles. The van der Waals surface area contributed by atoms with Gasteiger partial charge in [-0.25, -0.2) is 19.0 Å². The lowest BCUT2D eigenvalue weighted by Gasteiger charge is -2.36. The molecule has 1 unspecified atom stereocenters. The molecule has 12 heteroatoms. The Balaban J connectivity index is 1.20. The van der Waals surface area contributed by atoms with Gasteiger partial charge >= 0.3 is 18.1 Å². The Morgan fingerprint density at radius 2 is 1.59 bits per heavy atom. The number of alkyl halides is 3. The maximum atomic E-state index is 14.8. The number of fused-ring (bicyclic) bond motifs is 1. The number of benzene rings is 4. The molecule has 1 heterocycles. The van der Waals surface area contributed by atoms with Gasteiger partial charge in [-0.3, -0.25) is 4.90 Å². The molecule has 0 amide bonds. The molecule has 1 aliphatic carbocycles. The number of pyridine rings is 1. The summed E-state index contributed by atoms with van der Waals surface area (Å²) in [6.07, 6.45) is -0.830. The molecular weight excluding hydrogens is 748 g/mol. The highest BCUT2D eigenvalue weighted by atomic mass is 35.5. The van der Waals surface area contributed by atoms with Gasteiger partial charge in [0.1, 0.15) is 23.9 Å². The van der Waals surface area contributed by atoms with E-state index in [1.54, 1.807) is 49.4 Å². The molecule has 1 atom stereocenters. The van der Waals surface area contributed by atoms with Crippen molar-refractivity contribution in [3.63, 3.8) is 0 Å². The minimum absolute atomic E-state index is 0.0169. The van der Waals surface area contributed by atoms with Gasteiger partial charge in [0.15, 0.2) is 0 Å². The third kappa shape index (κ3) is 9.94. The maximum absolute atomic E-state index is 14.8. The summed E-state index contributed by atoms with van der Waals surface area (Å²) < 4.78 is 70.2. The quantitative estimate of drug-likeness (QED) is 0.0819. The van der Waals surface area contributed by atoms with Crippen molar-refractivity contribution in [2.24, 2.45) is 0 Å². The predicted molar refractivity (Wildman–Crippen MR) is 205 cm³/mol. The Kier molecular flexibility index (Phi) is 13.1. The first-order valence-electron chi connectivity index (χ1n) is 18.4.